The quantitative estimate of drug-likeness (QED) is 0.612. The van der Waals surface area contributed by atoms with Crippen LogP contribution in [0.3, 0.4) is 0 Å². The summed E-state index contributed by atoms with van der Waals surface area (Å²) in [4.78, 5) is 25.3. The number of likely N-dealkylation sites (tertiary alicyclic amines) is 1. The number of hydrogen-bond acceptors (Lipinski definition) is 3. The number of carbonyl (C=O) groups is 2. The number of benzene rings is 1. The van der Waals surface area contributed by atoms with Gasteiger partial charge in [0.2, 0.25) is 11.8 Å². The zero-order valence-electron chi connectivity index (χ0n) is 13.2. The summed E-state index contributed by atoms with van der Waals surface area (Å²) in [5.74, 6) is 0.828. The summed E-state index contributed by atoms with van der Waals surface area (Å²) in [6, 6.07) is 9.73. The molecule has 1 aliphatic heterocycles. The van der Waals surface area contributed by atoms with Crippen molar-refractivity contribution in [2.24, 2.45) is 0 Å². The van der Waals surface area contributed by atoms with Crippen molar-refractivity contribution >= 4 is 23.4 Å². The van der Waals surface area contributed by atoms with Crippen molar-refractivity contribution in [2.75, 3.05) is 25.6 Å². The molecule has 126 valence electrons. The second-order valence-electron chi connectivity index (χ2n) is 5.62. The van der Waals surface area contributed by atoms with E-state index in [1.807, 2.05) is 35.2 Å². The first-order valence-electron chi connectivity index (χ1n) is 8.00. The highest BCUT2D eigenvalue weighted by Gasteiger charge is 2.23. The average Bonchev–Trinajstić information content (AvgIpc) is 2.60. The van der Waals surface area contributed by atoms with Crippen molar-refractivity contribution in [3.63, 3.8) is 0 Å². The van der Waals surface area contributed by atoms with Crippen LogP contribution in [0, 0.1) is 0 Å². The van der Waals surface area contributed by atoms with Crippen LogP contribution >= 0.6 is 11.6 Å². The normalized spacial score (nSPS) is 15.3. The number of piperidine rings is 1. The summed E-state index contributed by atoms with van der Waals surface area (Å²) < 4.78 is 5.59. The van der Waals surface area contributed by atoms with Gasteiger partial charge in [0.05, 0.1) is 6.61 Å². The van der Waals surface area contributed by atoms with E-state index in [2.05, 4.69) is 5.32 Å². The standard InChI is InChI=1S/C17H23ClN2O3/c18-13-16(21)19-14-8-10-20(11-9-14)17(22)7-4-12-23-15-5-2-1-3-6-15/h1-3,5-6,14H,4,7-13H2,(H,19,21). The fraction of sp³-hybridized carbons (Fsp3) is 0.529. The first-order valence-corrected chi connectivity index (χ1v) is 8.53. The minimum absolute atomic E-state index is 0.0133. The van der Waals surface area contributed by atoms with Crippen molar-refractivity contribution in [1.82, 2.24) is 10.2 Å². The number of nitrogens with one attached hydrogen (secondary N) is 1. The number of alkyl halides is 1. The Hall–Kier alpha value is -1.75. The molecule has 1 N–H and O–H groups in total. The minimum atomic E-state index is -0.144. The Morgan fingerprint density at radius 2 is 1.91 bits per heavy atom. The lowest BCUT2D eigenvalue weighted by atomic mass is 10.0. The molecule has 0 unspecified atom stereocenters. The van der Waals surface area contributed by atoms with E-state index in [9.17, 15) is 9.59 Å². The van der Waals surface area contributed by atoms with Crippen molar-refractivity contribution in [3.05, 3.63) is 30.3 Å². The third-order valence-electron chi connectivity index (χ3n) is 3.88. The Labute approximate surface area is 141 Å². The Morgan fingerprint density at radius 3 is 2.57 bits per heavy atom. The molecule has 5 nitrogen and oxygen atoms in total. The first kappa shape index (κ1) is 17.6. The van der Waals surface area contributed by atoms with Crippen molar-refractivity contribution in [1.29, 1.82) is 0 Å². The van der Waals surface area contributed by atoms with Crippen LogP contribution in [0.5, 0.6) is 5.75 Å². The minimum Gasteiger partial charge on any atom is -0.494 e. The summed E-state index contributed by atoms with van der Waals surface area (Å²) in [5, 5.41) is 2.87. The molecule has 0 bridgehead atoms. The van der Waals surface area contributed by atoms with Gasteiger partial charge in [0.15, 0.2) is 0 Å². The lowest BCUT2D eigenvalue weighted by Gasteiger charge is -2.32. The molecule has 0 aromatic heterocycles. The maximum absolute atomic E-state index is 12.2. The second kappa shape index (κ2) is 9.40. The predicted molar refractivity (Wildman–Crippen MR) is 89.6 cm³/mol. The van der Waals surface area contributed by atoms with Gasteiger partial charge in [0, 0.05) is 25.6 Å². The molecule has 1 fully saturated rings. The van der Waals surface area contributed by atoms with E-state index < -0.39 is 0 Å². The van der Waals surface area contributed by atoms with Gasteiger partial charge in [-0.3, -0.25) is 9.59 Å². The number of amides is 2. The van der Waals surface area contributed by atoms with Crippen LogP contribution in [0.2, 0.25) is 0 Å². The number of rotatable bonds is 7. The van der Waals surface area contributed by atoms with Crippen LogP contribution in [0.4, 0.5) is 0 Å². The zero-order chi connectivity index (χ0) is 16.5. The molecule has 2 amide bonds. The maximum atomic E-state index is 12.2. The first-order chi connectivity index (χ1) is 11.2. The summed E-state index contributed by atoms with van der Waals surface area (Å²) >= 11 is 5.48. The van der Waals surface area contributed by atoms with E-state index in [4.69, 9.17) is 16.3 Å². The largest absolute Gasteiger partial charge is 0.494 e. The number of ether oxygens (including phenoxy) is 1. The smallest absolute Gasteiger partial charge is 0.235 e. The SMILES string of the molecule is O=C(CCl)NC1CCN(C(=O)CCCOc2ccccc2)CC1. The van der Waals surface area contributed by atoms with Crippen molar-refractivity contribution < 1.29 is 14.3 Å². The fourth-order valence-corrected chi connectivity index (χ4v) is 2.70. The van der Waals surface area contributed by atoms with Gasteiger partial charge in [-0.2, -0.15) is 0 Å². The molecule has 0 saturated carbocycles. The number of halogens is 1. The van der Waals surface area contributed by atoms with Crippen LogP contribution < -0.4 is 10.1 Å². The zero-order valence-corrected chi connectivity index (χ0v) is 13.9. The topological polar surface area (TPSA) is 58.6 Å². The van der Waals surface area contributed by atoms with Gasteiger partial charge in [0.1, 0.15) is 11.6 Å². The van der Waals surface area contributed by atoms with E-state index >= 15 is 0 Å². The fourth-order valence-electron chi connectivity index (χ4n) is 2.63. The highest BCUT2D eigenvalue weighted by atomic mass is 35.5. The number of nitrogens with zero attached hydrogens (tertiary/aromatic N) is 1. The number of hydrogen-bond donors (Lipinski definition) is 1. The van der Waals surface area contributed by atoms with Crippen LogP contribution in [0.25, 0.3) is 0 Å². The van der Waals surface area contributed by atoms with E-state index in [1.165, 1.54) is 0 Å². The molecule has 0 aliphatic carbocycles. The number of para-hydroxylation sites is 1. The molecule has 23 heavy (non-hydrogen) atoms. The molecule has 1 saturated heterocycles. The van der Waals surface area contributed by atoms with Crippen LogP contribution in [0.15, 0.2) is 30.3 Å². The van der Waals surface area contributed by atoms with Gasteiger partial charge in [-0.15, -0.1) is 11.6 Å². The van der Waals surface area contributed by atoms with E-state index in [0.29, 0.717) is 32.5 Å². The van der Waals surface area contributed by atoms with Crippen LogP contribution in [0.1, 0.15) is 25.7 Å². The highest BCUT2D eigenvalue weighted by molar-refractivity contribution is 6.27. The van der Waals surface area contributed by atoms with Crippen LogP contribution in [-0.4, -0.2) is 48.3 Å². The van der Waals surface area contributed by atoms with Gasteiger partial charge in [0.25, 0.3) is 0 Å². The van der Waals surface area contributed by atoms with E-state index in [0.717, 1.165) is 18.6 Å². The second-order valence-corrected chi connectivity index (χ2v) is 5.89. The summed E-state index contributed by atoms with van der Waals surface area (Å²) in [6.45, 7) is 1.91. The molecular formula is C17H23ClN2O3. The average molecular weight is 339 g/mol. The lowest BCUT2D eigenvalue weighted by Crippen LogP contribution is -2.46. The van der Waals surface area contributed by atoms with Gasteiger partial charge in [-0.1, -0.05) is 18.2 Å². The molecule has 2 rings (SSSR count). The van der Waals surface area contributed by atoms with Gasteiger partial charge in [-0.05, 0) is 31.4 Å². The van der Waals surface area contributed by atoms with E-state index in [-0.39, 0.29) is 23.7 Å². The monoisotopic (exact) mass is 338 g/mol. The van der Waals surface area contributed by atoms with Gasteiger partial charge in [-0.25, -0.2) is 0 Å². The molecule has 1 aliphatic rings. The van der Waals surface area contributed by atoms with E-state index in [1.54, 1.807) is 0 Å². The molecule has 1 heterocycles. The third-order valence-corrected chi connectivity index (χ3v) is 4.12. The Kier molecular flexibility index (Phi) is 7.20. The molecule has 6 heteroatoms. The molecule has 1 aromatic rings. The van der Waals surface area contributed by atoms with Crippen molar-refractivity contribution in [2.45, 2.75) is 31.7 Å². The summed E-state index contributed by atoms with van der Waals surface area (Å²) in [7, 11) is 0. The predicted octanol–water partition coefficient (Wildman–Crippen LogP) is 2.19. The maximum Gasteiger partial charge on any atom is 0.235 e. The summed E-state index contributed by atoms with van der Waals surface area (Å²) in [5.41, 5.74) is 0. The Balaban J connectivity index is 1.60. The molecular weight excluding hydrogens is 316 g/mol. The van der Waals surface area contributed by atoms with Crippen LogP contribution in [-0.2, 0) is 9.59 Å². The Bertz CT molecular complexity index is 502. The van der Waals surface area contributed by atoms with Gasteiger partial charge < -0.3 is 15.0 Å². The molecule has 0 spiro atoms. The third kappa shape index (κ3) is 6.10. The van der Waals surface area contributed by atoms with Gasteiger partial charge >= 0.3 is 0 Å². The molecule has 0 atom stereocenters. The highest BCUT2D eigenvalue weighted by Crippen LogP contribution is 2.13. The number of carbonyl (C=O) groups excluding carboxylic acids is 2. The Morgan fingerprint density at radius 1 is 1.22 bits per heavy atom. The van der Waals surface area contributed by atoms with Crippen molar-refractivity contribution in [3.8, 4) is 5.75 Å². The summed E-state index contributed by atoms with van der Waals surface area (Å²) in [6.07, 6.45) is 2.77. The lowest BCUT2D eigenvalue weighted by molar-refractivity contribution is -0.132. The molecule has 0 radical (unpaired) electrons. The molecule has 1 aromatic carbocycles.